The maximum Gasteiger partial charge on any atom is 0.227 e. The molecule has 1 heterocycles. The third-order valence-corrected chi connectivity index (χ3v) is 3.06. The van der Waals surface area contributed by atoms with Gasteiger partial charge in [0.15, 0.2) is 0 Å². The van der Waals surface area contributed by atoms with Crippen LogP contribution < -0.4 is 10.2 Å². The van der Waals surface area contributed by atoms with Crippen LogP contribution in [0.2, 0.25) is 0 Å². The summed E-state index contributed by atoms with van der Waals surface area (Å²) in [6, 6.07) is 4.62. The number of fused-ring (bicyclic) bond motifs is 1. The second kappa shape index (κ2) is 5.31. The van der Waals surface area contributed by atoms with E-state index in [9.17, 15) is 9.18 Å². The van der Waals surface area contributed by atoms with Gasteiger partial charge >= 0.3 is 0 Å². The molecule has 0 fully saturated rings. The van der Waals surface area contributed by atoms with Crippen LogP contribution >= 0.6 is 0 Å². The lowest BCUT2D eigenvalue weighted by Crippen LogP contribution is -2.37. The fourth-order valence-corrected chi connectivity index (χ4v) is 2.21. The lowest BCUT2D eigenvalue weighted by molar-refractivity contribution is -0.118. The molecule has 1 aliphatic rings. The molecule has 0 unspecified atom stereocenters. The van der Waals surface area contributed by atoms with Crippen molar-refractivity contribution >= 4 is 11.6 Å². The van der Waals surface area contributed by atoms with Gasteiger partial charge in [0.1, 0.15) is 5.82 Å². The normalized spacial score (nSPS) is 14.6. The number of amides is 1. The maximum atomic E-state index is 13.3. The topological polar surface area (TPSA) is 32.3 Å². The number of carbonyl (C=O) groups is 1. The molecule has 96 valence electrons. The Bertz CT molecular complexity index is 485. The molecular weight excluding hydrogens is 231 g/mol. The van der Waals surface area contributed by atoms with Crippen LogP contribution in [0.25, 0.3) is 0 Å². The van der Waals surface area contributed by atoms with Gasteiger partial charge in [0.05, 0.1) is 5.69 Å². The average Bonchev–Trinajstić information content (AvgIpc) is 2.33. The van der Waals surface area contributed by atoms with Crippen LogP contribution in [0.3, 0.4) is 0 Å². The first kappa shape index (κ1) is 12.8. The number of nitrogens with one attached hydrogen (secondary N) is 1. The minimum atomic E-state index is -0.312. The van der Waals surface area contributed by atoms with Crippen LogP contribution in [0.1, 0.15) is 12.0 Å². The molecule has 0 aliphatic carbocycles. The van der Waals surface area contributed by atoms with Gasteiger partial charge in [-0.1, -0.05) is 12.6 Å². The van der Waals surface area contributed by atoms with E-state index < -0.39 is 0 Å². The zero-order valence-electron chi connectivity index (χ0n) is 10.5. The summed E-state index contributed by atoms with van der Waals surface area (Å²) in [6.07, 6.45) is 1.16. The molecule has 0 bridgehead atoms. The molecule has 0 aromatic heterocycles. The zero-order valence-corrected chi connectivity index (χ0v) is 10.5. The second-order valence-corrected chi connectivity index (χ2v) is 4.53. The van der Waals surface area contributed by atoms with Crippen LogP contribution in [0.15, 0.2) is 30.4 Å². The number of benzene rings is 1. The molecule has 0 saturated carbocycles. The predicted molar refractivity (Wildman–Crippen MR) is 70.1 cm³/mol. The first-order chi connectivity index (χ1) is 8.61. The molecule has 3 nitrogen and oxygen atoms in total. The van der Waals surface area contributed by atoms with Gasteiger partial charge in [0, 0.05) is 19.5 Å². The summed E-state index contributed by atoms with van der Waals surface area (Å²) in [5.74, 6) is -0.280. The van der Waals surface area contributed by atoms with Gasteiger partial charge in [0.2, 0.25) is 5.91 Å². The Morgan fingerprint density at radius 3 is 3.00 bits per heavy atom. The lowest BCUT2D eigenvalue weighted by Gasteiger charge is -2.30. The summed E-state index contributed by atoms with van der Waals surface area (Å²) < 4.78 is 13.3. The molecule has 1 aromatic carbocycles. The minimum Gasteiger partial charge on any atom is -0.316 e. The number of halogens is 1. The Balaban J connectivity index is 2.27. The summed E-state index contributed by atoms with van der Waals surface area (Å²) in [5, 5.41) is 3.00. The molecular formula is C14H17FN2O. The van der Waals surface area contributed by atoms with Crippen molar-refractivity contribution in [3.8, 4) is 0 Å². The highest BCUT2D eigenvalue weighted by Gasteiger charge is 2.24. The molecule has 2 rings (SSSR count). The Morgan fingerprint density at radius 2 is 2.28 bits per heavy atom. The molecule has 4 heteroatoms. The average molecular weight is 248 g/mol. The van der Waals surface area contributed by atoms with E-state index in [1.54, 1.807) is 11.0 Å². The van der Waals surface area contributed by atoms with Gasteiger partial charge in [-0.25, -0.2) is 4.39 Å². The quantitative estimate of drug-likeness (QED) is 0.825. The fraction of sp³-hybridized carbons (Fsp3) is 0.357. The molecule has 1 aromatic rings. The minimum absolute atomic E-state index is 0.0327. The van der Waals surface area contributed by atoms with Crippen molar-refractivity contribution in [2.45, 2.75) is 12.8 Å². The maximum absolute atomic E-state index is 13.3. The van der Waals surface area contributed by atoms with Crippen molar-refractivity contribution < 1.29 is 9.18 Å². The van der Waals surface area contributed by atoms with E-state index >= 15 is 0 Å². The molecule has 0 radical (unpaired) electrons. The van der Waals surface area contributed by atoms with Crippen molar-refractivity contribution in [3.05, 3.63) is 41.7 Å². The standard InChI is InChI=1S/C14H17FN2O/c1-10(8-16-2)9-17-13-7-12(15)5-3-11(13)4-6-14(17)18/h3,5,7,16H,1,4,6,8-9H2,2H3. The lowest BCUT2D eigenvalue weighted by atomic mass is 10.0. The van der Waals surface area contributed by atoms with Gasteiger partial charge in [0.25, 0.3) is 0 Å². The van der Waals surface area contributed by atoms with Gasteiger partial charge in [-0.15, -0.1) is 0 Å². The van der Waals surface area contributed by atoms with E-state index in [1.807, 2.05) is 7.05 Å². The van der Waals surface area contributed by atoms with Crippen LogP contribution in [0.5, 0.6) is 0 Å². The van der Waals surface area contributed by atoms with Crippen molar-refractivity contribution in [1.29, 1.82) is 0 Å². The second-order valence-electron chi connectivity index (χ2n) is 4.53. The zero-order chi connectivity index (χ0) is 13.1. The van der Waals surface area contributed by atoms with E-state index in [4.69, 9.17) is 0 Å². The number of likely N-dealkylation sites (N-methyl/N-ethyl adjacent to an activating group) is 1. The molecule has 0 spiro atoms. The van der Waals surface area contributed by atoms with E-state index in [0.29, 0.717) is 31.6 Å². The van der Waals surface area contributed by atoms with Crippen LogP contribution in [0.4, 0.5) is 10.1 Å². The summed E-state index contributed by atoms with van der Waals surface area (Å²) in [5.41, 5.74) is 2.61. The van der Waals surface area contributed by atoms with Crippen LogP contribution in [-0.4, -0.2) is 26.0 Å². The first-order valence-corrected chi connectivity index (χ1v) is 6.02. The number of hydrogen-bond acceptors (Lipinski definition) is 2. The van der Waals surface area contributed by atoms with Gasteiger partial charge in [-0.2, -0.15) is 0 Å². The molecule has 1 aliphatic heterocycles. The van der Waals surface area contributed by atoms with Crippen molar-refractivity contribution in [2.24, 2.45) is 0 Å². The number of aryl methyl sites for hydroxylation is 1. The highest BCUT2D eigenvalue weighted by Crippen LogP contribution is 2.28. The van der Waals surface area contributed by atoms with Crippen molar-refractivity contribution in [3.63, 3.8) is 0 Å². The van der Waals surface area contributed by atoms with E-state index in [1.165, 1.54) is 12.1 Å². The third-order valence-electron chi connectivity index (χ3n) is 3.06. The van der Waals surface area contributed by atoms with Crippen molar-refractivity contribution in [2.75, 3.05) is 25.0 Å². The number of rotatable bonds is 4. The number of anilines is 1. The van der Waals surface area contributed by atoms with E-state index in [2.05, 4.69) is 11.9 Å². The van der Waals surface area contributed by atoms with E-state index in [0.717, 1.165) is 11.1 Å². The molecule has 18 heavy (non-hydrogen) atoms. The monoisotopic (exact) mass is 248 g/mol. The number of carbonyl (C=O) groups excluding carboxylic acids is 1. The van der Waals surface area contributed by atoms with Gasteiger partial charge in [-0.05, 0) is 36.7 Å². The van der Waals surface area contributed by atoms with Gasteiger partial charge < -0.3 is 10.2 Å². The van der Waals surface area contributed by atoms with Gasteiger partial charge in [-0.3, -0.25) is 4.79 Å². The molecule has 1 amide bonds. The fourth-order valence-electron chi connectivity index (χ4n) is 2.21. The number of nitrogens with zero attached hydrogens (tertiary/aromatic N) is 1. The Morgan fingerprint density at radius 1 is 1.50 bits per heavy atom. The molecule has 1 N–H and O–H groups in total. The predicted octanol–water partition coefficient (Wildman–Crippen LogP) is 1.88. The molecule has 0 saturated heterocycles. The Labute approximate surface area is 106 Å². The summed E-state index contributed by atoms with van der Waals surface area (Å²) in [6.45, 7) is 5.01. The van der Waals surface area contributed by atoms with E-state index in [-0.39, 0.29) is 11.7 Å². The highest BCUT2D eigenvalue weighted by atomic mass is 19.1. The SMILES string of the molecule is C=C(CNC)CN1C(=O)CCc2ccc(F)cc21. The third kappa shape index (κ3) is 2.59. The Hall–Kier alpha value is -1.68. The molecule has 0 atom stereocenters. The first-order valence-electron chi connectivity index (χ1n) is 6.02. The Kier molecular flexibility index (Phi) is 3.77. The van der Waals surface area contributed by atoms with Crippen molar-refractivity contribution in [1.82, 2.24) is 5.32 Å². The summed E-state index contributed by atoms with van der Waals surface area (Å²) in [7, 11) is 1.83. The largest absolute Gasteiger partial charge is 0.316 e. The summed E-state index contributed by atoms with van der Waals surface area (Å²) >= 11 is 0. The van der Waals surface area contributed by atoms with Crippen LogP contribution in [0, 0.1) is 5.82 Å². The summed E-state index contributed by atoms with van der Waals surface area (Å²) in [4.78, 5) is 13.6. The highest BCUT2D eigenvalue weighted by molar-refractivity contribution is 5.96. The number of hydrogen-bond donors (Lipinski definition) is 1. The smallest absolute Gasteiger partial charge is 0.227 e. The van der Waals surface area contributed by atoms with Crippen LogP contribution in [-0.2, 0) is 11.2 Å².